The number of carbonyl (C=O) groups excluding carboxylic acids is 2. The lowest BCUT2D eigenvalue weighted by Crippen LogP contribution is -2.29. The number of halogens is 2. The van der Waals surface area contributed by atoms with Crippen molar-refractivity contribution in [1.29, 1.82) is 0 Å². The topological polar surface area (TPSA) is 94.5 Å². The first kappa shape index (κ1) is 27.2. The zero-order chi connectivity index (χ0) is 27.6. The highest BCUT2D eigenvalue weighted by molar-refractivity contribution is 6.46. The Morgan fingerprint density at radius 2 is 1.55 bits per heavy atom. The van der Waals surface area contributed by atoms with E-state index in [9.17, 15) is 14.7 Å². The van der Waals surface area contributed by atoms with Crippen LogP contribution in [0.3, 0.4) is 0 Å². The third kappa shape index (κ3) is 4.97. The third-order valence-corrected chi connectivity index (χ3v) is 6.74. The Labute approximate surface area is 229 Å². The summed E-state index contributed by atoms with van der Waals surface area (Å²) in [5.74, 6) is -0.394. The molecule has 0 aliphatic carbocycles. The second-order valence-electron chi connectivity index (χ2n) is 8.36. The van der Waals surface area contributed by atoms with Gasteiger partial charge in [0.25, 0.3) is 11.7 Å². The Hall–Kier alpha value is -3.88. The summed E-state index contributed by atoms with van der Waals surface area (Å²) in [6, 6.07) is 14.0. The van der Waals surface area contributed by atoms with Gasteiger partial charge in [-0.3, -0.25) is 9.59 Å². The maximum Gasteiger partial charge on any atom is 0.295 e. The lowest BCUT2D eigenvalue weighted by molar-refractivity contribution is -0.140. The number of benzene rings is 3. The van der Waals surface area contributed by atoms with Crippen LogP contribution in [0.1, 0.15) is 22.7 Å². The van der Waals surface area contributed by atoms with Crippen LogP contribution in [0.5, 0.6) is 23.0 Å². The summed E-state index contributed by atoms with van der Waals surface area (Å²) >= 11 is 12.5. The molecule has 198 valence electrons. The molecule has 4 rings (SSSR count). The van der Waals surface area contributed by atoms with Crippen LogP contribution >= 0.6 is 23.2 Å². The van der Waals surface area contributed by atoms with Crippen molar-refractivity contribution < 1.29 is 33.6 Å². The van der Waals surface area contributed by atoms with E-state index in [2.05, 4.69) is 0 Å². The van der Waals surface area contributed by atoms with Crippen molar-refractivity contribution in [3.05, 3.63) is 86.9 Å². The van der Waals surface area contributed by atoms with Crippen LogP contribution in [0, 0.1) is 0 Å². The lowest BCUT2D eigenvalue weighted by Gasteiger charge is -2.26. The second kappa shape index (κ2) is 11.2. The molecule has 1 N–H and O–H groups in total. The Morgan fingerprint density at radius 1 is 0.868 bits per heavy atom. The van der Waals surface area contributed by atoms with E-state index < -0.39 is 23.5 Å². The fraction of sp³-hybridized carbons (Fsp3) is 0.214. The Bertz CT molecular complexity index is 1420. The molecule has 0 radical (unpaired) electrons. The van der Waals surface area contributed by atoms with Crippen molar-refractivity contribution in [3.63, 3.8) is 0 Å². The Balaban J connectivity index is 1.90. The van der Waals surface area contributed by atoms with E-state index in [-0.39, 0.29) is 33.5 Å². The molecular formula is C28H25Cl2NO7. The number of amides is 1. The zero-order valence-electron chi connectivity index (χ0n) is 21.1. The average Bonchev–Trinajstić information content (AvgIpc) is 3.17. The highest BCUT2D eigenvalue weighted by Crippen LogP contribution is 2.44. The quantitative estimate of drug-likeness (QED) is 0.217. The van der Waals surface area contributed by atoms with Crippen LogP contribution < -0.4 is 18.9 Å². The van der Waals surface area contributed by atoms with Gasteiger partial charge in [0.05, 0.1) is 50.6 Å². The zero-order valence-corrected chi connectivity index (χ0v) is 22.6. The summed E-state index contributed by atoms with van der Waals surface area (Å²) < 4.78 is 21.3. The van der Waals surface area contributed by atoms with Crippen molar-refractivity contribution in [1.82, 2.24) is 4.90 Å². The fourth-order valence-electron chi connectivity index (χ4n) is 4.44. The monoisotopic (exact) mass is 557 g/mol. The lowest BCUT2D eigenvalue weighted by atomic mass is 9.94. The molecule has 1 heterocycles. The first-order valence-electron chi connectivity index (χ1n) is 11.4. The molecule has 1 saturated heterocycles. The smallest absolute Gasteiger partial charge is 0.295 e. The van der Waals surface area contributed by atoms with Gasteiger partial charge >= 0.3 is 0 Å². The van der Waals surface area contributed by atoms with Gasteiger partial charge in [-0.1, -0.05) is 41.4 Å². The summed E-state index contributed by atoms with van der Waals surface area (Å²) in [6.45, 7) is 0.0475. The number of hydrogen-bond donors (Lipinski definition) is 1. The molecule has 0 aromatic heterocycles. The van der Waals surface area contributed by atoms with Gasteiger partial charge in [0.1, 0.15) is 17.3 Å². The Morgan fingerprint density at radius 3 is 2.16 bits per heavy atom. The number of Topliss-reactive ketones (excluding diaryl/α,β-unsaturated/α-hetero) is 1. The Kier molecular flexibility index (Phi) is 8.04. The van der Waals surface area contributed by atoms with Gasteiger partial charge in [-0.2, -0.15) is 0 Å². The van der Waals surface area contributed by atoms with Crippen molar-refractivity contribution >= 4 is 40.7 Å². The molecule has 10 heteroatoms. The number of carbonyl (C=O) groups is 2. The first-order chi connectivity index (χ1) is 18.2. The van der Waals surface area contributed by atoms with Crippen LogP contribution in [0.4, 0.5) is 0 Å². The maximum atomic E-state index is 13.4. The molecule has 3 aromatic rings. The molecule has 1 aliphatic rings. The minimum absolute atomic E-state index is 0.0475. The number of ether oxygens (including phenoxy) is 4. The molecule has 0 bridgehead atoms. The minimum atomic E-state index is -0.934. The van der Waals surface area contributed by atoms with Crippen LogP contribution in [0.15, 0.2) is 60.2 Å². The van der Waals surface area contributed by atoms with E-state index in [1.54, 1.807) is 42.5 Å². The second-order valence-corrected chi connectivity index (χ2v) is 9.20. The van der Waals surface area contributed by atoms with E-state index in [1.165, 1.54) is 45.5 Å². The summed E-state index contributed by atoms with van der Waals surface area (Å²) in [6.07, 6.45) is 0. The van der Waals surface area contributed by atoms with Gasteiger partial charge < -0.3 is 29.0 Å². The summed E-state index contributed by atoms with van der Waals surface area (Å²) in [7, 11) is 5.95. The van der Waals surface area contributed by atoms with Crippen LogP contribution in [0.2, 0.25) is 10.0 Å². The summed E-state index contributed by atoms with van der Waals surface area (Å²) in [5, 5.41) is 11.8. The van der Waals surface area contributed by atoms with E-state index in [4.69, 9.17) is 42.1 Å². The number of rotatable bonds is 8. The minimum Gasteiger partial charge on any atom is -0.507 e. The number of nitrogens with zero attached hydrogens (tertiary/aromatic N) is 1. The third-order valence-electron chi connectivity index (χ3n) is 6.24. The number of aliphatic hydroxyl groups excluding tert-OH is 1. The number of hydrogen-bond acceptors (Lipinski definition) is 7. The van der Waals surface area contributed by atoms with Gasteiger partial charge in [-0.25, -0.2) is 0 Å². The van der Waals surface area contributed by atoms with Crippen molar-refractivity contribution in [2.24, 2.45) is 0 Å². The van der Waals surface area contributed by atoms with Gasteiger partial charge in [0.2, 0.25) is 0 Å². The molecule has 0 saturated carbocycles. The molecule has 0 spiro atoms. The van der Waals surface area contributed by atoms with E-state index >= 15 is 0 Å². The molecule has 38 heavy (non-hydrogen) atoms. The molecule has 1 amide bonds. The maximum absolute atomic E-state index is 13.4. The van der Waals surface area contributed by atoms with Gasteiger partial charge in [-0.15, -0.1) is 0 Å². The van der Waals surface area contributed by atoms with Crippen molar-refractivity contribution in [2.75, 3.05) is 28.4 Å². The highest BCUT2D eigenvalue weighted by Gasteiger charge is 2.46. The molecule has 1 atom stereocenters. The first-order valence-corrected chi connectivity index (χ1v) is 12.2. The van der Waals surface area contributed by atoms with Crippen molar-refractivity contribution in [3.8, 4) is 23.0 Å². The van der Waals surface area contributed by atoms with E-state index in [0.29, 0.717) is 28.4 Å². The van der Waals surface area contributed by atoms with E-state index in [0.717, 1.165) is 0 Å². The number of likely N-dealkylation sites (tertiary alicyclic amines) is 1. The van der Waals surface area contributed by atoms with Crippen molar-refractivity contribution in [2.45, 2.75) is 12.6 Å². The molecule has 1 aliphatic heterocycles. The molecule has 8 nitrogen and oxygen atoms in total. The number of ketones is 1. The van der Waals surface area contributed by atoms with Gasteiger partial charge in [0.15, 0.2) is 11.5 Å². The predicted molar refractivity (Wildman–Crippen MR) is 143 cm³/mol. The largest absolute Gasteiger partial charge is 0.507 e. The average molecular weight is 558 g/mol. The number of methoxy groups -OCH3 is 4. The summed E-state index contributed by atoms with van der Waals surface area (Å²) in [5.41, 5.74) is 1.23. The molecule has 1 fully saturated rings. The van der Waals surface area contributed by atoms with Gasteiger partial charge in [-0.05, 0) is 47.5 Å². The van der Waals surface area contributed by atoms with Crippen LogP contribution in [-0.4, -0.2) is 50.1 Å². The van der Waals surface area contributed by atoms with Gasteiger partial charge in [0, 0.05) is 11.6 Å². The molecule has 1 unspecified atom stereocenters. The molecule has 3 aromatic carbocycles. The molecular weight excluding hydrogens is 533 g/mol. The highest BCUT2D eigenvalue weighted by atomic mass is 35.5. The van der Waals surface area contributed by atoms with E-state index in [1.807, 2.05) is 0 Å². The predicted octanol–water partition coefficient (Wildman–Crippen LogP) is 5.65. The SMILES string of the molecule is COc1ccc(C2/C(=C(\O)c3cc(Cl)cc(Cl)c3OC)C(=O)C(=O)N2Cc2ccc(OC)c(OC)c2)cc1. The van der Waals surface area contributed by atoms with Crippen LogP contribution in [-0.2, 0) is 16.1 Å². The summed E-state index contributed by atoms with van der Waals surface area (Å²) in [4.78, 5) is 28.2. The number of aliphatic hydroxyl groups is 1. The fourth-order valence-corrected chi connectivity index (χ4v) is 5.01. The standard InChI is InChI=1S/C28H25Cl2NO7/c1-35-18-8-6-16(7-9-18)24-23(25(32)19-12-17(29)13-20(30)27(19)38-4)26(33)28(34)31(24)14-15-5-10-21(36-2)22(11-15)37-3/h5-13,24,32H,14H2,1-4H3/b25-23+. The van der Waals surface area contributed by atoms with Crippen LogP contribution in [0.25, 0.3) is 5.76 Å². The normalized spacial score (nSPS) is 16.5.